The molecule has 1 N–H and O–H groups in total. The molecule has 1 amide bonds. The van der Waals surface area contributed by atoms with Crippen LogP contribution >= 0.6 is 11.3 Å². The van der Waals surface area contributed by atoms with E-state index >= 15 is 0 Å². The van der Waals surface area contributed by atoms with Crippen molar-refractivity contribution in [2.75, 3.05) is 57.6 Å². The summed E-state index contributed by atoms with van der Waals surface area (Å²) in [5.74, 6) is 2.44. The zero-order valence-electron chi connectivity index (χ0n) is 20.3. The van der Waals surface area contributed by atoms with Crippen molar-refractivity contribution in [3.63, 3.8) is 0 Å². The zero-order chi connectivity index (χ0) is 24.1. The van der Waals surface area contributed by atoms with Crippen molar-refractivity contribution in [3.8, 4) is 5.75 Å². The van der Waals surface area contributed by atoms with Crippen LogP contribution < -0.4 is 19.9 Å². The van der Waals surface area contributed by atoms with Crippen molar-refractivity contribution in [1.82, 2.24) is 15.2 Å². The fourth-order valence-electron chi connectivity index (χ4n) is 4.01. The average molecular weight is 480 g/mol. The number of likely N-dealkylation sites (N-methyl/N-ethyl adjacent to an activating group) is 1. The molecular formula is C26H33N5O2S. The molecule has 1 unspecified atom stereocenters. The largest absolute Gasteiger partial charge is 0.485 e. The molecule has 0 saturated heterocycles. The molecule has 1 aliphatic heterocycles. The van der Waals surface area contributed by atoms with E-state index in [0.717, 1.165) is 42.5 Å². The molecule has 0 radical (unpaired) electrons. The second kappa shape index (κ2) is 10.9. The molecule has 0 bridgehead atoms. The highest BCUT2D eigenvalue weighted by Gasteiger charge is 2.26. The second-order valence-electron chi connectivity index (χ2n) is 8.74. The lowest BCUT2D eigenvalue weighted by Crippen LogP contribution is -2.33. The molecule has 3 aromatic rings. The van der Waals surface area contributed by atoms with Crippen molar-refractivity contribution in [2.45, 2.75) is 19.1 Å². The van der Waals surface area contributed by atoms with Gasteiger partial charge >= 0.3 is 0 Å². The van der Waals surface area contributed by atoms with Crippen LogP contribution in [-0.4, -0.2) is 63.6 Å². The summed E-state index contributed by atoms with van der Waals surface area (Å²) in [4.78, 5) is 25.2. The van der Waals surface area contributed by atoms with Crippen LogP contribution in [0.4, 0.5) is 11.6 Å². The van der Waals surface area contributed by atoms with E-state index in [2.05, 4.69) is 39.9 Å². The van der Waals surface area contributed by atoms with E-state index in [9.17, 15) is 4.79 Å². The summed E-state index contributed by atoms with van der Waals surface area (Å²) in [6.07, 6.45) is 0.925. The Morgan fingerprint density at radius 3 is 2.62 bits per heavy atom. The quantitative estimate of drug-likeness (QED) is 0.500. The maximum Gasteiger partial charge on any atom is 0.257 e. The standard InChI is InChI=1S/C26H33N5O2S/c1-27-14-13-22(23-6-5-17-34-23)33-20-9-7-19(8-10-20)18-31-16-15-30(4)25-21(26(31)32)11-12-24(28-25)29(2)3/h5-12,17,22,27H,13-16,18H2,1-4H3. The summed E-state index contributed by atoms with van der Waals surface area (Å²) in [7, 11) is 7.86. The lowest BCUT2D eigenvalue weighted by atomic mass is 10.1. The predicted molar refractivity (Wildman–Crippen MR) is 139 cm³/mol. The van der Waals surface area contributed by atoms with Gasteiger partial charge in [0.2, 0.25) is 0 Å². The topological polar surface area (TPSA) is 60.9 Å². The van der Waals surface area contributed by atoms with E-state index in [1.54, 1.807) is 11.3 Å². The number of pyridine rings is 1. The number of rotatable bonds is 9. The fourth-order valence-corrected chi connectivity index (χ4v) is 4.80. The third-order valence-corrected chi connectivity index (χ3v) is 6.96. The van der Waals surface area contributed by atoms with Crippen molar-refractivity contribution in [1.29, 1.82) is 0 Å². The van der Waals surface area contributed by atoms with Gasteiger partial charge in [-0.3, -0.25) is 4.79 Å². The van der Waals surface area contributed by atoms with Crippen LogP contribution in [0.3, 0.4) is 0 Å². The number of hydrogen-bond acceptors (Lipinski definition) is 7. The molecule has 3 heterocycles. The van der Waals surface area contributed by atoms with Crippen LogP contribution in [0, 0.1) is 0 Å². The number of nitrogens with one attached hydrogen (secondary N) is 1. The monoisotopic (exact) mass is 479 g/mol. The Bertz CT molecular complexity index is 1090. The number of aromatic nitrogens is 1. The Balaban J connectivity index is 1.46. The van der Waals surface area contributed by atoms with E-state index < -0.39 is 0 Å². The Morgan fingerprint density at radius 2 is 1.94 bits per heavy atom. The molecule has 7 nitrogen and oxygen atoms in total. The Kier molecular flexibility index (Phi) is 7.70. The van der Waals surface area contributed by atoms with Crippen LogP contribution in [0.5, 0.6) is 5.75 Å². The molecule has 0 spiro atoms. The zero-order valence-corrected chi connectivity index (χ0v) is 21.1. The van der Waals surface area contributed by atoms with Gasteiger partial charge < -0.3 is 24.8 Å². The number of nitrogens with zero attached hydrogens (tertiary/aromatic N) is 4. The highest BCUT2D eigenvalue weighted by molar-refractivity contribution is 7.10. The molecule has 34 heavy (non-hydrogen) atoms. The third-order valence-electron chi connectivity index (χ3n) is 6.00. The van der Waals surface area contributed by atoms with Gasteiger partial charge in [-0.2, -0.15) is 0 Å². The Labute approximate surface area is 206 Å². The third kappa shape index (κ3) is 5.51. The van der Waals surface area contributed by atoms with Gasteiger partial charge in [-0.05, 0) is 54.9 Å². The molecule has 8 heteroatoms. The predicted octanol–water partition coefficient (Wildman–Crippen LogP) is 4.03. The number of ether oxygens (including phenoxy) is 1. The molecule has 2 aromatic heterocycles. The van der Waals surface area contributed by atoms with E-state index in [0.29, 0.717) is 18.7 Å². The highest BCUT2D eigenvalue weighted by Crippen LogP contribution is 2.29. The van der Waals surface area contributed by atoms with Crippen LogP contribution in [-0.2, 0) is 6.54 Å². The lowest BCUT2D eigenvalue weighted by molar-refractivity contribution is 0.0754. The molecule has 180 valence electrons. The van der Waals surface area contributed by atoms with Crippen LogP contribution in [0.2, 0.25) is 0 Å². The minimum Gasteiger partial charge on any atom is -0.485 e. The Hall–Kier alpha value is -3.10. The molecule has 0 saturated carbocycles. The van der Waals surface area contributed by atoms with Crippen LogP contribution in [0.15, 0.2) is 53.9 Å². The molecule has 0 aliphatic carbocycles. The average Bonchev–Trinajstić information content (AvgIpc) is 3.35. The summed E-state index contributed by atoms with van der Waals surface area (Å²) in [6, 6.07) is 16.1. The first-order chi connectivity index (χ1) is 16.5. The maximum absolute atomic E-state index is 13.3. The van der Waals surface area contributed by atoms with E-state index in [1.165, 1.54) is 4.88 Å². The van der Waals surface area contributed by atoms with Gasteiger partial charge in [0.1, 0.15) is 23.5 Å². The summed E-state index contributed by atoms with van der Waals surface area (Å²) >= 11 is 1.72. The van der Waals surface area contributed by atoms with Gasteiger partial charge in [-0.25, -0.2) is 4.98 Å². The minimum absolute atomic E-state index is 0.0160. The number of hydrogen-bond donors (Lipinski definition) is 1. The van der Waals surface area contributed by atoms with E-state index in [1.807, 2.05) is 62.3 Å². The van der Waals surface area contributed by atoms with Gasteiger partial charge in [0.05, 0.1) is 5.56 Å². The Morgan fingerprint density at radius 1 is 1.15 bits per heavy atom. The number of fused-ring (bicyclic) bond motifs is 1. The van der Waals surface area contributed by atoms with E-state index in [-0.39, 0.29) is 12.0 Å². The number of carbonyl (C=O) groups excluding carboxylic acids is 1. The maximum atomic E-state index is 13.3. The SMILES string of the molecule is CNCCC(Oc1ccc(CN2CCN(C)c3nc(N(C)C)ccc3C2=O)cc1)c1cccs1. The first-order valence-electron chi connectivity index (χ1n) is 11.6. The fraction of sp³-hybridized carbons (Fsp3) is 0.385. The number of benzene rings is 1. The smallest absolute Gasteiger partial charge is 0.257 e. The lowest BCUT2D eigenvalue weighted by Gasteiger charge is -2.22. The first kappa shape index (κ1) is 24.0. The first-order valence-corrected chi connectivity index (χ1v) is 12.5. The molecule has 4 rings (SSSR count). The normalized spacial score (nSPS) is 14.5. The number of amides is 1. The van der Waals surface area contributed by atoms with Gasteiger partial charge in [-0.15, -0.1) is 11.3 Å². The number of thiophene rings is 1. The molecule has 0 fully saturated rings. The van der Waals surface area contributed by atoms with Crippen LogP contribution in [0.1, 0.15) is 33.3 Å². The van der Waals surface area contributed by atoms with Gasteiger partial charge in [-0.1, -0.05) is 18.2 Å². The molecule has 1 aromatic carbocycles. The summed E-state index contributed by atoms with van der Waals surface area (Å²) in [6.45, 7) is 2.82. The second-order valence-corrected chi connectivity index (χ2v) is 9.72. The van der Waals surface area contributed by atoms with Gasteiger partial charge in [0.25, 0.3) is 5.91 Å². The summed E-state index contributed by atoms with van der Waals surface area (Å²) in [5, 5.41) is 5.29. The van der Waals surface area contributed by atoms with Gasteiger partial charge in [0, 0.05) is 52.1 Å². The van der Waals surface area contributed by atoms with Crippen LogP contribution in [0.25, 0.3) is 0 Å². The van der Waals surface area contributed by atoms with E-state index in [4.69, 9.17) is 9.72 Å². The minimum atomic E-state index is 0.0160. The van der Waals surface area contributed by atoms with Crippen molar-refractivity contribution in [2.24, 2.45) is 0 Å². The molecule has 1 aliphatic rings. The number of anilines is 2. The van der Waals surface area contributed by atoms with Crippen molar-refractivity contribution >= 4 is 28.9 Å². The van der Waals surface area contributed by atoms with Gasteiger partial charge in [0.15, 0.2) is 0 Å². The number of carbonyl (C=O) groups is 1. The highest BCUT2D eigenvalue weighted by atomic mass is 32.1. The molecular weight excluding hydrogens is 446 g/mol. The molecule has 1 atom stereocenters. The van der Waals surface area contributed by atoms with Crippen molar-refractivity contribution < 1.29 is 9.53 Å². The summed E-state index contributed by atoms with van der Waals surface area (Å²) < 4.78 is 6.31. The van der Waals surface area contributed by atoms with Crippen molar-refractivity contribution in [3.05, 3.63) is 69.9 Å². The summed E-state index contributed by atoms with van der Waals surface area (Å²) in [5.41, 5.74) is 1.72.